The topological polar surface area (TPSA) is 84.1 Å². The van der Waals surface area contributed by atoms with Crippen molar-refractivity contribution < 1.29 is 4.79 Å². The van der Waals surface area contributed by atoms with Crippen molar-refractivity contribution in [3.8, 4) is 0 Å². The molecule has 1 saturated carbocycles. The van der Waals surface area contributed by atoms with Gasteiger partial charge in [0.05, 0.1) is 6.54 Å². The van der Waals surface area contributed by atoms with Gasteiger partial charge >= 0.3 is 0 Å². The lowest BCUT2D eigenvalue weighted by Gasteiger charge is -2.32. The average molecular weight is 305 g/mol. The predicted octanol–water partition coefficient (Wildman–Crippen LogP) is 1.34. The summed E-state index contributed by atoms with van der Waals surface area (Å²) in [4.78, 5) is 22.7. The monoisotopic (exact) mass is 305 g/mol. The van der Waals surface area contributed by atoms with Crippen LogP contribution in [0.4, 0.5) is 5.82 Å². The van der Waals surface area contributed by atoms with Gasteiger partial charge in [0.15, 0.2) is 0 Å². The number of carbonyl (C=O) groups is 1. The van der Waals surface area contributed by atoms with Crippen molar-refractivity contribution in [1.82, 2.24) is 15.3 Å². The predicted molar refractivity (Wildman–Crippen MR) is 87.9 cm³/mol. The van der Waals surface area contributed by atoms with Crippen LogP contribution in [0.3, 0.4) is 0 Å². The number of nitrogens with one attached hydrogen (secondary N) is 1. The third-order valence-corrected chi connectivity index (χ3v) is 4.06. The number of likely N-dealkylation sites (N-methyl/N-ethyl adjacent to an activating group) is 1. The van der Waals surface area contributed by atoms with Gasteiger partial charge in [-0.15, -0.1) is 0 Å². The molecule has 1 heterocycles. The molecule has 1 aromatic heterocycles. The minimum Gasteiger partial charge on any atom is -0.355 e. The van der Waals surface area contributed by atoms with Gasteiger partial charge in [-0.1, -0.05) is 13.3 Å². The third-order valence-electron chi connectivity index (χ3n) is 4.06. The Kier molecular flexibility index (Phi) is 5.71. The second-order valence-electron chi connectivity index (χ2n) is 6.19. The Labute approximate surface area is 132 Å². The lowest BCUT2D eigenvalue weighted by molar-refractivity contribution is -0.119. The van der Waals surface area contributed by atoms with Crippen molar-refractivity contribution in [3.63, 3.8) is 0 Å². The van der Waals surface area contributed by atoms with Crippen LogP contribution in [0.25, 0.3) is 0 Å². The fourth-order valence-corrected chi connectivity index (χ4v) is 2.64. The standard InChI is InChI=1S/C16H27N5O/c1-4-5-6-18-16(22)10-21(3)15-9-14(19-11(2)20-15)12-7-13(17)8-12/h9,12-13H,4-8,10,17H2,1-3H3,(H,18,22). The number of nitrogens with zero attached hydrogens (tertiary/aromatic N) is 3. The Bertz CT molecular complexity index is 513. The van der Waals surface area contributed by atoms with Crippen LogP contribution in [0.5, 0.6) is 0 Å². The number of rotatable bonds is 7. The van der Waals surface area contributed by atoms with Crippen LogP contribution >= 0.6 is 0 Å². The zero-order chi connectivity index (χ0) is 16.1. The number of unbranched alkanes of at least 4 members (excludes halogenated alkanes) is 1. The molecule has 0 atom stereocenters. The molecule has 2 rings (SSSR count). The minimum atomic E-state index is 0.0273. The first-order chi connectivity index (χ1) is 10.5. The molecule has 6 nitrogen and oxygen atoms in total. The normalized spacial score (nSPS) is 20.4. The summed E-state index contributed by atoms with van der Waals surface area (Å²) in [6, 6.07) is 2.29. The van der Waals surface area contributed by atoms with Crippen molar-refractivity contribution in [1.29, 1.82) is 0 Å². The lowest BCUT2D eigenvalue weighted by atomic mass is 9.78. The molecule has 1 aliphatic rings. The Balaban J connectivity index is 1.97. The number of hydrogen-bond acceptors (Lipinski definition) is 5. The highest BCUT2D eigenvalue weighted by molar-refractivity contribution is 5.80. The minimum absolute atomic E-state index is 0.0273. The number of amides is 1. The molecule has 0 radical (unpaired) electrons. The SMILES string of the molecule is CCCCNC(=O)CN(C)c1cc(C2CC(N)C2)nc(C)n1. The van der Waals surface area contributed by atoms with Gasteiger partial charge < -0.3 is 16.0 Å². The molecule has 0 aromatic carbocycles. The van der Waals surface area contributed by atoms with Crippen LogP contribution in [-0.4, -0.2) is 42.1 Å². The van der Waals surface area contributed by atoms with E-state index < -0.39 is 0 Å². The second kappa shape index (κ2) is 7.54. The highest BCUT2D eigenvalue weighted by atomic mass is 16.2. The molecule has 0 saturated heterocycles. The molecule has 0 aliphatic heterocycles. The number of carbonyl (C=O) groups excluding carboxylic acids is 1. The summed E-state index contributed by atoms with van der Waals surface area (Å²) >= 11 is 0. The number of nitrogens with two attached hydrogens (primary N) is 1. The van der Waals surface area contributed by atoms with E-state index in [4.69, 9.17) is 5.73 Å². The van der Waals surface area contributed by atoms with Gasteiger partial charge in [0.2, 0.25) is 5.91 Å². The van der Waals surface area contributed by atoms with Crippen molar-refractivity contribution in [2.45, 2.75) is 51.5 Å². The number of anilines is 1. The zero-order valence-corrected chi connectivity index (χ0v) is 13.8. The van der Waals surface area contributed by atoms with Crippen LogP contribution in [0.2, 0.25) is 0 Å². The van der Waals surface area contributed by atoms with E-state index in [1.165, 1.54) is 0 Å². The molecule has 1 aliphatic carbocycles. The van der Waals surface area contributed by atoms with E-state index in [1.54, 1.807) is 0 Å². The Morgan fingerprint density at radius 3 is 2.82 bits per heavy atom. The number of aromatic nitrogens is 2. The number of hydrogen-bond donors (Lipinski definition) is 2. The Morgan fingerprint density at radius 2 is 2.18 bits per heavy atom. The molecule has 0 unspecified atom stereocenters. The molecular formula is C16H27N5O. The Morgan fingerprint density at radius 1 is 1.45 bits per heavy atom. The molecule has 6 heteroatoms. The molecule has 0 bridgehead atoms. The first kappa shape index (κ1) is 16.7. The van der Waals surface area contributed by atoms with E-state index in [0.717, 1.165) is 49.6 Å². The van der Waals surface area contributed by atoms with E-state index in [9.17, 15) is 4.79 Å². The quantitative estimate of drug-likeness (QED) is 0.743. The van der Waals surface area contributed by atoms with Crippen molar-refractivity contribution in [2.75, 3.05) is 25.0 Å². The van der Waals surface area contributed by atoms with Crippen molar-refractivity contribution >= 4 is 11.7 Å². The maximum absolute atomic E-state index is 11.9. The van der Waals surface area contributed by atoms with Crippen LogP contribution in [0.1, 0.15) is 50.0 Å². The first-order valence-corrected chi connectivity index (χ1v) is 8.08. The summed E-state index contributed by atoms with van der Waals surface area (Å²) in [5, 5.41) is 2.92. The second-order valence-corrected chi connectivity index (χ2v) is 6.19. The first-order valence-electron chi connectivity index (χ1n) is 8.08. The van der Waals surface area contributed by atoms with E-state index in [0.29, 0.717) is 18.5 Å². The van der Waals surface area contributed by atoms with Gasteiger partial charge in [-0.2, -0.15) is 0 Å². The summed E-state index contributed by atoms with van der Waals surface area (Å²) in [5.74, 6) is 2.00. The van der Waals surface area contributed by atoms with Gasteiger partial charge in [0.25, 0.3) is 0 Å². The fraction of sp³-hybridized carbons (Fsp3) is 0.688. The van der Waals surface area contributed by atoms with E-state index in [2.05, 4.69) is 22.2 Å². The average Bonchev–Trinajstić information content (AvgIpc) is 2.43. The van der Waals surface area contributed by atoms with E-state index >= 15 is 0 Å². The van der Waals surface area contributed by atoms with Gasteiger partial charge in [-0.25, -0.2) is 9.97 Å². The van der Waals surface area contributed by atoms with Crippen molar-refractivity contribution in [2.24, 2.45) is 5.73 Å². The molecule has 122 valence electrons. The molecule has 1 amide bonds. The van der Waals surface area contributed by atoms with Gasteiger partial charge in [-0.05, 0) is 26.2 Å². The van der Waals surface area contributed by atoms with Gasteiger partial charge in [0.1, 0.15) is 11.6 Å². The van der Waals surface area contributed by atoms with E-state index in [-0.39, 0.29) is 5.91 Å². The summed E-state index contributed by atoms with van der Waals surface area (Å²) in [6.07, 6.45) is 4.05. The van der Waals surface area contributed by atoms with Crippen LogP contribution in [0.15, 0.2) is 6.07 Å². The van der Waals surface area contributed by atoms with E-state index in [1.807, 2.05) is 24.9 Å². The van der Waals surface area contributed by atoms with Crippen molar-refractivity contribution in [3.05, 3.63) is 17.6 Å². The Hall–Kier alpha value is -1.69. The summed E-state index contributed by atoms with van der Waals surface area (Å²) in [6.45, 7) is 5.04. The third kappa shape index (κ3) is 4.40. The zero-order valence-electron chi connectivity index (χ0n) is 13.8. The highest BCUT2D eigenvalue weighted by Crippen LogP contribution is 2.35. The fourth-order valence-electron chi connectivity index (χ4n) is 2.64. The number of aryl methyl sites for hydroxylation is 1. The molecule has 1 fully saturated rings. The van der Waals surface area contributed by atoms with Gasteiger partial charge in [-0.3, -0.25) is 4.79 Å². The van der Waals surface area contributed by atoms with Crippen LogP contribution in [0, 0.1) is 6.92 Å². The molecular weight excluding hydrogens is 278 g/mol. The molecule has 1 aromatic rings. The molecule has 22 heavy (non-hydrogen) atoms. The largest absolute Gasteiger partial charge is 0.355 e. The maximum Gasteiger partial charge on any atom is 0.239 e. The summed E-state index contributed by atoms with van der Waals surface area (Å²) < 4.78 is 0. The maximum atomic E-state index is 11.9. The molecule has 3 N–H and O–H groups in total. The summed E-state index contributed by atoms with van der Waals surface area (Å²) in [7, 11) is 1.89. The van der Waals surface area contributed by atoms with Crippen LogP contribution in [-0.2, 0) is 4.79 Å². The van der Waals surface area contributed by atoms with Gasteiger partial charge in [0, 0.05) is 37.3 Å². The molecule has 0 spiro atoms. The van der Waals surface area contributed by atoms with Crippen LogP contribution < -0.4 is 16.0 Å². The lowest BCUT2D eigenvalue weighted by Crippen LogP contribution is -2.37. The highest BCUT2D eigenvalue weighted by Gasteiger charge is 2.29. The smallest absolute Gasteiger partial charge is 0.239 e. The summed E-state index contributed by atoms with van der Waals surface area (Å²) in [5.41, 5.74) is 6.90.